The number of aromatic nitrogens is 2. The molecule has 1 aromatic rings. The van der Waals surface area contributed by atoms with Gasteiger partial charge in [0, 0.05) is 6.20 Å². The Morgan fingerprint density at radius 2 is 2.13 bits per heavy atom. The van der Waals surface area contributed by atoms with Crippen molar-refractivity contribution in [2.75, 3.05) is 6.61 Å². The van der Waals surface area contributed by atoms with Crippen molar-refractivity contribution >= 4 is 6.03 Å². The Labute approximate surface area is 138 Å². The monoisotopic (exact) mass is 322 g/mol. The SMILES string of the molecule is CC(C)(C)CC(CO)NC(=O)NCc1ccn(C2CCCC2)n1. The van der Waals surface area contributed by atoms with Crippen LogP contribution in [0.25, 0.3) is 0 Å². The number of hydrogen-bond acceptors (Lipinski definition) is 3. The number of urea groups is 1. The lowest BCUT2D eigenvalue weighted by molar-refractivity contribution is 0.190. The average Bonchev–Trinajstić information content (AvgIpc) is 3.13. The van der Waals surface area contributed by atoms with E-state index in [9.17, 15) is 9.90 Å². The minimum Gasteiger partial charge on any atom is -0.394 e. The number of hydrogen-bond donors (Lipinski definition) is 3. The molecule has 0 radical (unpaired) electrons. The molecule has 1 unspecified atom stereocenters. The summed E-state index contributed by atoms with van der Waals surface area (Å²) in [5.41, 5.74) is 0.921. The van der Waals surface area contributed by atoms with Crippen LogP contribution in [-0.2, 0) is 6.54 Å². The number of nitrogens with zero attached hydrogens (tertiary/aromatic N) is 2. The van der Waals surface area contributed by atoms with Crippen molar-refractivity contribution in [1.29, 1.82) is 0 Å². The Hall–Kier alpha value is -1.56. The van der Waals surface area contributed by atoms with Gasteiger partial charge in [-0.05, 0) is 30.7 Å². The molecule has 1 aliphatic rings. The minimum absolute atomic E-state index is 0.0546. The van der Waals surface area contributed by atoms with Crippen LogP contribution >= 0.6 is 0 Å². The molecule has 1 aliphatic carbocycles. The van der Waals surface area contributed by atoms with Crippen molar-refractivity contribution in [2.24, 2.45) is 5.41 Å². The van der Waals surface area contributed by atoms with Crippen LogP contribution in [-0.4, -0.2) is 33.6 Å². The second kappa shape index (κ2) is 7.81. The molecule has 23 heavy (non-hydrogen) atoms. The van der Waals surface area contributed by atoms with Gasteiger partial charge in [-0.15, -0.1) is 0 Å². The number of nitrogens with one attached hydrogen (secondary N) is 2. The maximum Gasteiger partial charge on any atom is 0.315 e. The zero-order valence-electron chi connectivity index (χ0n) is 14.5. The molecule has 0 saturated heterocycles. The molecule has 0 aliphatic heterocycles. The summed E-state index contributed by atoms with van der Waals surface area (Å²) < 4.78 is 2.03. The number of carbonyl (C=O) groups excluding carboxylic acids is 1. The zero-order chi connectivity index (χ0) is 16.9. The fourth-order valence-electron chi connectivity index (χ4n) is 3.15. The Morgan fingerprint density at radius 1 is 1.43 bits per heavy atom. The molecule has 1 heterocycles. The van der Waals surface area contributed by atoms with Crippen molar-refractivity contribution in [1.82, 2.24) is 20.4 Å². The van der Waals surface area contributed by atoms with Crippen molar-refractivity contribution < 1.29 is 9.90 Å². The molecular formula is C17H30N4O2. The van der Waals surface area contributed by atoms with Gasteiger partial charge < -0.3 is 15.7 Å². The average molecular weight is 322 g/mol. The van der Waals surface area contributed by atoms with E-state index in [0.717, 1.165) is 12.1 Å². The quantitative estimate of drug-likeness (QED) is 0.753. The second-order valence-corrected chi connectivity index (χ2v) is 7.70. The summed E-state index contributed by atoms with van der Waals surface area (Å²) in [6.07, 6.45) is 7.67. The minimum atomic E-state index is -0.260. The van der Waals surface area contributed by atoms with E-state index in [1.54, 1.807) is 0 Å². The van der Waals surface area contributed by atoms with Gasteiger partial charge in [0.25, 0.3) is 0 Å². The van der Waals surface area contributed by atoms with Crippen molar-refractivity contribution in [2.45, 2.75) is 71.5 Å². The Bertz CT molecular complexity index is 501. The van der Waals surface area contributed by atoms with Gasteiger partial charge in [-0.2, -0.15) is 5.10 Å². The first-order valence-electron chi connectivity index (χ1n) is 8.56. The maximum absolute atomic E-state index is 12.0. The topological polar surface area (TPSA) is 79.2 Å². The lowest BCUT2D eigenvalue weighted by Crippen LogP contribution is -2.45. The van der Waals surface area contributed by atoms with Gasteiger partial charge in [-0.3, -0.25) is 4.68 Å². The predicted molar refractivity (Wildman–Crippen MR) is 90.0 cm³/mol. The molecule has 0 spiro atoms. The summed E-state index contributed by atoms with van der Waals surface area (Å²) in [7, 11) is 0. The van der Waals surface area contributed by atoms with Gasteiger partial charge in [0.05, 0.1) is 30.9 Å². The van der Waals surface area contributed by atoms with E-state index in [1.807, 2.05) is 16.9 Å². The molecule has 3 N–H and O–H groups in total. The van der Waals surface area contributed by atoms with Crippen molar-refractivity contribution in [3.63, 3.8) is 0 Å². The second-order valence-electron chi connectivity index (χ2n) is 7.70. The van der Waals surface area contributed by atoms with Crippen molar-refractivity contribution in [3.8, 4) is 0 Å². The van der Waals surface area contributed by atoms with E-state index in [0.29, 0.717) is 12.6 Å². The molecule has 0 bridgehead atoms. The third-order valence-electron chi connectivity index (χ3n) is 4.21. The molecule has 6 nitrogen and oxygen atoms in total. The standard InChI is InChI=1S/C17H30N4O2/c1-17(2,3)10-14(12-22)19-16(23)18-11-13-8-9-21(20-13)15-6-4-5-7-15/h8-9,14-15,22H,4-7,10-12H2,1-3H3,(H2,18,19,23). The smallest absolute Gasteiger partial charge is 0.315 e. The fourth-order valence-corrected chi connectivity index (χ4v) is 3.15. The Kier molecular flexibility index (Phi) is 6.04. The van der Waals surface area contributed by atoms with Gasteiger partial charge in [0.1, 0.15) is 0 Å². The van der Waals surface area contributed by atoms with E-state index in [1.165, 1.54) is 25.7 Å². The molecule has 2 rings (SSSR count). The molecule has 2 amide bonds. The third kappa shape index (κ3) is 5.86. The van der Waals surface area contributed by atoms with Crippen LogP contribution in [0.15, 0.2) is 12.3 Å². The van der Waals surface area contributed by atoms with Gasteiger partial charge in [0.2, 0.25) is 0 Å². The number of aliphatic hydroxyl groups excluding tert-OH is 1. The molecule has 1 saturated carbocycles. The highest BCUT2D eigenvalue weighted by Gasteiger charge is 2.20. The van der Waals surface area contributed by atoms with Gasteiger partial charge in [-0.1, -0.05) is 33.6 Å². The lowest BCUT2D eigenvalue weighted by atomic mass is 9.88. The molecular weight excluding hydrogens is 292 g/mol. The van der Waals surface area contributed by atoms with Crippen molar-refractivity contribution in [3.05, 3.63) is 18.0 Å². The van der Waals surface area contributed by atoms with E-state index < -0.39 is 0 Å². The first-order valence-corrected chi connectivity index (χ1v) is 8.56. The largest absolute Gasteiger partial charge is 0.394 e. The number of aliphatic hydroxyl groups is 1. The first-order chi connectivity index (χ1) is 10.9. The fraction of sp³-hybridized carbons (Fsp3) is 0.765. The van der Waals surface area contributed by atoms with Gasteiger partial charge in [0.15, 0.2) is 0 Å². The van der Waals surface area contributed by atoms with Crippen LogP contribution in [0.1, 0.15) is 64.6 Å². The molecule has 1 atom stereocenters. The molecule has 1 fully saturated rings. The van der Waals surface area contributed by atoms with Gasteiger partial charge >= 0.3 is 6.03 Å². The summed E-state index contributed by atoms with van der Waals surface area (Å²) in [6.45, 7) is 6.61. The summed E-state index contributed by atoms with van der Waals surface area (Å²) in [4.78, 5) is 12.0. The van der Waals surface area contributed by atoms with Crippen LogP contribution in [0.3, 0.4) is 0 Å². The van der Waals surface area contributed by atoms with Crippen LogP contribution in [0.4, 0.5) is 4.79 Å². The number of carbonyl (C=O) groups is 1. The summed E-state index contributed by atoms with van der Waals surface area (Å²) in [5.74, 6) is 0. The van der Waals surface area contributed by atoms with Gasteiger partial charge in [-0.25, -0.2) is 4.79 Å². The van der Waals surface area contributed by atoms with E-state index in [2.05, 4.69) is 36.5 Å². The Balaban J connectivity index is 1.77. The van der Waals surface area contributed by atoms with Crippen LogP contribution in [0, 0.1) is 5.41 Å². The molecule has 130 valence electrons. The van der Waals surface area contributed by atoms with Crippen LogP contribution in [0.5, 0.6) is 0 Å². The Morgan fingerprint density at radius 3 is 2.74 bits per heavy atom. The lowest BCUT2D eigenvalue weighted by Gasteiger charge is -2.25. The molecule has 1 aromatic heterocycles. The van der Waals surface area contributed by atoms with E-state index in [4.69, 9.17) is 0 Å². The number of rotatable bonds is 6. The first kappa shape index (κ1) is 17.8. The number of amides is 2. The third-order valence-corrected chi connectivity index (χ3v) is 4.21. The highest BCUT2D eigenvalue weighted by atomic mass is 16.3. The normalized spacial score (nSPS) is 17.2. The highest BCUT2D eigenvalue weighted by molar-refractivity contribution is 5.74. The summed E-state index contributed by atoms with van der Waals surface area (Å²) in [6, 6.07) is 1.98. The van der Waals surface area contributed by atoms with E-state index in [-0.39, 0.29) is 24.1 Å². The maximum atomic E-state index is 12.0. The van der Waals surface area contributed by atoms with Crippen LogP contribution in [0.2, 0.25) is 0 Å². The predicted octanol–water partition coefficient (Wildman–Crippen LogP) is 2.59. The summed E-state index contributed by atoms with van der Waals surface area (Å²) in [5, 5.41) is 19.6. The highest BCUT2D eigenvalue weighted by Crippen LogP contribution is 2.28. The molecule has 0 aromatic carbocycles. The molecule has 6 heteroatoms. The van der Waals surface area contributed by atoms with Crippen LogP contribution < -0.4 is 10.6 Å². The summed E-state index contributed by atoms with van der Waals surface area (Å²) >= 11 is 0. The van der Waals surface area contributed by atoms with E-state index >= 15 is 0 Å². The zero-order valence-corrected chi connectivity index (χ0v) is 14.5.